The van der Waals surface area contributed by atoms with Crippen molar-refractivity contribution in [3.8, 4) is 0 Å². The lowest BCUT2D eigenvalue weighted by Gasteiger charge is -1.97. The number of pyridine rings is 1. The van der Waals surface area contributed by atoms with E-state index in [0.717, 1.165) is 5.69 Å². The molecule has 2 N–H and O–H groups in total. The number of nitrogens with one attached hydrogen (secondary N) is 2. The van der Waals surface area contributed by atoms with Crippen LogP contribution in [0, 0.1) is 6.92 Å². The van der Waals surface area contributed by atoms with Crippen LogP contribution in [-0.4, -0.2) is 4.98 Å². The predicted molar refractivity (Wildman–Crippen MR) is 44.5 cm³/mol. The molecule has 0 unspecified atom stereocenters. The zero-order valence-corrected chi connectivity index (χ0v) is 6.90. The zero-order chi connectivity index (χ0) is 8.27. The first kappa shape index (κ1) is 8.30. The average Bonchev–Trinajstić information content (AvgIpc) is 1.95. The fraction of sp³-hybridized carbons (Fsp3) is 0.286. The van der Waals surface area contributed by atoms with Gasteiger partial charge in [0.05, 0.1) is 0 Å². The lowest BCUT2D eigenvalue weighted by molar-refractivity contribution is 0.925. The molecule has 0 bridgehead atoms. The van der Waals surface area contributed by atoms with E-state index in [1.165, 1.54) is 0 Å². The molecule has 11 heavy (non-hydrogen) atoms. The Balaban J connectivity index is 3.00. The molecule has 3 nitrogen and oxygen atoms in total. The minimum atomic E-state index is -0.0850. The molecule has 0 saturated heterocycles. The van der Waals surface area contributed by atoms with Gasteiger partial charge in [-0.15, -0.1) is 0 Å². The summed E-state index contributed by atoms with van der Waals surface area (Å²) < 4.78 is 0. The first-order valence-corrected chi connectivity index (χ1v) is 3.64. The van der Waals surface area contributed by atoms with E-state index in [9.17, 15) is 4.79 Å². The molecule has 0 aliphatic heterocycles. The van der Waals surface area contributed by atoms with Crippen LogP contribution in [0.3, 0.4) is 0 Å². The van der Waals surface area contributed by atoms with Gasteiger partial charge in [-0.1, -0.05) is 6.07 Å². The van der Waals surface area contributed by atoms with E-state index in [1.54, 1.807) is 6.07 Å². The largest absolute Gasteiger partial charge is 0.326 e. The molecule has 0 spiro atoms. The maximum Gasteiger partial charge on any atom is 0.252 e. The van der Waals surface area contributed by atoms with E-state index in [0.29, 0.717) is 12.1 Å². The minimum Gasteiger partial charge on any atom is -0.326 e. The van der Waals surface area contributed by atoms with Gasteiger partial charge in [0, 0.05) is 17.8 Å². The van der Waals surface area contributed by atoms with Crippen molar-refractivity contribution in [1.82, 2.24) is 9.82 Å². The molecule has 0 atom stereocenters. The van der Waals surface area contributed by atoms with Crippen molar-refractivity contribution in [1.29, 1.82) is 0 Å². The topological polar surface area (TPSA) is 44.9 Å². The Morgan fingerprint density at radius 1 is 1.64 bits per heavy atom. The summed E-state index contributed by atoms with van der Waals surface area (Å²) in [4.78, 5) is 16.1. The third-order valence-electron chi connectivity index (χ3n) is 1.39. The maximum absolute atomic E-state index is 11.1. The molecule has 0 saturated carbocycles. The second-order valence-electron chi connectivity index (χ2n) is 2.31. The lowest BCUT2D eigenvalue weighted by Crippen LogP contribution is -2.16. The van der Waals surface area contributed by atoms with Gasteiger partial charge in [0.2, 0.25) is 0 Å². The molecule has 1 aromatic rings. The van der Waals surface area contributed by atoms with Crippen molar-refractivity contribution in [2.45, 2.75) is 13.5 Å². The van der Waals surface area contributed by atoms with Crippen LogP contribution in [0.4, 0.5) is 0 Å². The fourth-order valence-corrected chi connectivity index (χ4v) is 0.957. The number of aromatic amines is 1. The second-order valence-corrected chi connectivity index (χ2v) is 2.57. The molecule has 0 fully saturated rings. The minimum absolute atomic E-state index is 0.0850. The summed E-state index contributed by atoms with van der Waals surface area (Å²) in [5.74, 6) is 0. The van der Waals surface area contributed by atoms with Gasteiger partial charge in [-0.3, -0.25) is 4.79 Å². The number of hydrogen-bond acceptors (Lipinski definition) is 2. The number of hydrogen-bond donors (Lipinski definition) is 2. The number of H-pyrrole nitrogens is 1. The van der Waals surface area contributed by atoms with Crippen LogP contribution in [0.1, 0.15) is 11.3 Å². The van der Waals surface area contributed by atoms with Crippen molar-refractivity contribution in [2.24, 2.45) is 0 Å². The Morgan fingerprint density at radius 2 is 2.36 bits per heavy atom. The van der Waals surface area contributed by atoms with Crippen LogP contribution in [0.25, 0.3) is 0 Å². The Morgan fingerprint density at radius 3 is 2.91 bits per heavy atom. The summed E-state index contributed by atoms with van der Waals surface area (Å²) in [6, 6.07) is 3.59. The molecule has 0 radical (unpaired) electrons. The highest BCUT2D eigenvalue weighted by Gasteiger charge is 1.96. The quantitative estimate of drug-likeness (QED) is 0.652. The van der Waals surface area contributed by atoms with E-state index >= 15 is 0 Å². The third kappa shape index (κ3) is 2.06. The highest BCUT2D eigenvalue weighted by atomic mass is 35.5. The Kier molecular flexibility index (Phi) is 2.68. The van der Waals surface area contributed by atoms with E-state index in [1.807, 2.05) is 13.0 Å². The van der Waals surface area contributed by atoms with Gasteiger partial charge in [-0.05, 0) is 24.8 Å². The highest BCUT2D eigenvalue weighted by molar-refractivity contribution is 6.13. The second kappa shape index (κ2) is 3.55. The molecular formula is C7H9ClN2O. The van der Waals surface area contributed by atoms with Gasteiger partial charge >= 0.3 is 0 Å². The van der Waals surface area contributed by atoms with Crippen molar-refractivity contribution >= 4 is 11.8 Å². The van der Waals surface area contributed by atoms with E-state index in [2.05, 4.69) is 9.82 Å². The van der Waals surface area contributed by atoms with E-state index < -0.39 is 0 Å². The normalized spacial score (nSPS) is 10.0. The van der Waals surface area contributed by atoms with Crippen LogP contribution in [0.15, 0.2) is 16.9 Å². The standard InChI is InChI=1S/C7H9ClN2O/c1-5-2-3-6(4-9-8)7(11)10-5/h2-3,9H,4H2,1H3,(H,10,11). The molecule has 0 aliphatic rings. The first-order chi connectivity index (χ1) is 5.24. The summed E-state index contributed by atoms with van der Waals surface area (Å²) >= 11 is 5.25. The third-order valence-corrected chi connectivity index (χ3v) is 1.53. The SMILES string of the molecule is Cc1ccc(CNCl)c(=O)[nH]1. The Hall–Kier alpha value is -0.800. The number of aryl methyl sites for hydroxylation is 1. The van der Waals surface area contributed by atoms with Crippen LogP contribution >= 0.6 is 11.8 Å². The van der Waals surface area contributed by atoms with Crippen LogP contribution in [-0.2, 0) is 6.54 Å². The van der Waals surface area contributed by atoms with Gasteiger partial charge in [-0.25, -0.2) is 4.84 Å². The van der Waals surface area contributed by atoms with Crippen molar-refractivity contribution < 1.29 is 0 Å². The first-order valence-electron chi connectivity index (χ1n) is 3.26. The van der Waals surface area contributed by atoms with Gasteiger partial charge in [0.25, 0.3) is 5.56 Å². The fourth-order valence-electron chi connectivity index (χ4n) is 0.813. The van der Waals surface area contributed by atoms with Gasteiger partial charge in [0.15, 0.2) is 0 Å². The van der Waals surface area contributed by atoms with Crippen molar-refractivity contribution in [3.05, 3.63) is 33.7 Å². The van der Waals surface area contributed by atoms with Crippen LogP contribution < -0.4 is 10.4 Å². The van der Waals surface area contributed by atoms with Gasteiger partial charge in [0.1, 0.15) is 0 Å². The summed E-state index contributed by atoms with van der Waals surface area (Å²) in [5.41, 5.74) is 1.41. The summed E-state index contributed by atoms with van der Waals surface area (Å²) in [6.07, 6.45) is 0. The zero-order valence-electron chi connectivity index (χ0n) is 6.15. The molecule has 4 heteroatoms. The lowest BCUT2D eigenvalue weighted by atomic mass is 10.2. The molecular weight excluding hydrogens is 164 g/mol. The molecule has 1 aromatic heterocycles. The molecule has 0 aromatic carbocycles. The van der Waals surface area contributed by atoms with Crippen molar-refractivity contribution in [2.75, 3.05) is 0 Å². The Bertz CT molecular complexity index is 295. The number of aromatic nitrogens is 1. The van der Waals surface area contributed by atoms with Gasteiger partial charge in [-0.2, -0.15) is 0 Å². The maximum atomic E-state index is 11.1. The molecule has 1 rings (SSSR count). The van der Waals surface area contributed by atoms with E-state index in [4.69, 9.17) is 11.8 Å². The summed E-state index contributed by atoms with van der Waals surface area (Å²) in [6.45, 7) is 2.22. The highest BCUT2D eigenvalue weighted by Crippen LogP contribution is 1.92. The predicted octanol–water partition coefficient (Wildman–Crippen LogP) is 0.927. The van der Waals surface area contributed by atoms with Crippen molar-refractivity contribution in [3.63, 3.8) is 0 Å². The van der Waals surface area contributed by atoms with Crippen LogP contribution in [0.2, 0.25) is 0 Å². The Labute approximate surface area is 69.5 Å². The molecule has 0 aliphatic carbocycles. The molecule has 60 valence electrons. The summed E-state index contributed by atoms with van der Waals surface area (Å²) in [7, 11) is 0. The summed E-state index contributed by atoms with van der Waals surface area (Å²) in [5, 5.41) is 0. The van der Waals surface area contributed by atoms with Crippen LogP contribution in [0.5, 0.6) is 0 Å². The average molecular weight is 173 g/mol. The number of rotatable bonds is 2. The monoisotopic (exact) mass is 172 g/mol. The molecule has 0 amide bonds. The smallest absolute Gasteiger partial charge is 0.252 e. The van der Waals surface area contributed by atoms with E-state index in [-0.39, 0.29) is 5.56 Å². The molecule has 1 heterocycles. The van der Waals surface area contributed by atoms with Gasteiger partial charge < -0.3 is 4.98 Å². The number of halogens is 1.